The molecule has 3 aromatic rings. The van der Waals surface area contributed by atoms with Crippen molar-refractivity contribution >= 4 is 11.8 Å². The first kappa shape index (κ1) is 17.1. The van der Waals surface area contributed by atoms with Gasteiger partial charge in [-0.3, -0.25) is 14.7 Å². The molecular formula is C20H21N5O2. The molecule has 7 heteroatoms. The van der Waals surface area contributed by atoms with Crippen LogP contribution in [-0.4, -0.2) is 38.0 Å². The standard InChI is InChI=1S/C20H21N5O2/c21-19(26)17-13-16(22-23-17)18-5-1-2-12-25(18)20(27)14-6-8-15(9-7-14)24-10-3-4-11-24/h3-4,6-11,13,18H,1-2,5,12H2,(H2,21,26)(H,22,23)/t18-/m1/s1. The molecule has 138 valence electrons. The number of hydrogen-bond acceptors (Lipinski definition) is 3. The zero-order valence-corrected chi connectivity index (χ0v) is 14.8. The Hall–Kier alpha value is -3.35. The zero-order chi connectivity index (χ0) is 18.8. The number of piperidine rings is 1. The van der Waals surface area contributed by atoms with E-state index in [9.17, 15) is 9.59 Å². The quantitative estimate of drug-likeness (QED) is 0.746. The van der Waals surface area contributed by atoms with Crippen LogP contribution in [0.1, 0.15) is 51.8 Å². The maximum absolute atomic E-state index is 13.1. The molecule has 27 heavy (non-hydrogen) atoms. The first-order valence-corrected chi connectivity index (χ1v) is 9.03. The lowest BCUT2D eigenvalue weighted by molar-refractivity contribution is 0.0606. The molecule has 0 radical (unpaired) electrons. The highest BCUT2D eigenvalue weighted by molar-refractivity contribution is 5.95. The SMILES string of the molecule is NC(=O)c1cc([C@H]2CCCCN2C(=O)c2ccc(-n3cccc3)cc2)[nH]n1. The molecule has 0 unspecified atom stereocenters. The molecular weight excluding hydrogens is 342 g/mol. The lowest BCUT2D eigenvalue weighted by Gasteiger charge is -2.35. The van der Waals surface area contributed by atoms with Crippen LogP contribution in [0.5, 0.6) is 0 Å². The molecule has 4 rings (SSSR count). The van der Waals surface area contributed by atoms with Crippen LogP contribution in [-0.2, 0) is 0 Å². The van der Waals surface area contributed by atoms with E-state index in [-0.39, 0.29) is 17.6 Å². The minimum absolute atomic E-state index is 0.0195. The Morgan fingerprint density at radius 2 is 1.85 bits per heavy atom. The molecule has 7 nitrogen and oxygen atoms in total. The highest BCUT2D eigenvalue weighted by Crippen LogP contribution is 2.31. The van der Waals surface area contributed by atoms with Crippen LogP contribution in [0.2, 0.25) is 0 Å². The Balaban J connectivity index is 1.57. The number of nitrogens with zero attached hydrogens (tertiary/aromatic N) is 3. The van der Waals surface area contributed by atoms with E-state index in [4.69, 9.17) is 5.73 Å². The molecule has 1 saturated heterocycles. The molecule has 1 aromatic carbocycles. The summed E-state index contributed by atoms with van der Waals surface area (Å²) in [5, 5.41) is 6.83. The van der Waals surface area contributed by atoms with E-state index >= 15 is 0 Å². The zero-order valence-electron chi connectivity index (χ0n) is 14.8. The van der Waals surface area contributed by atoms with Crippen LogP contribution in [0.15, 0.2) is 54.9 Å². The Morgan fingerprint density at radius 3 is 2.52 bits per heavy atom. The van der Waals surface area contributed by atoms with E-state index in [1.54, 1.807) is 6.07 Å². The Kier molecular flexibility index (Phi) is 4.50. The van der Waals surface area contributed by atoms with E-state index in [1.165, 1.54) is 0 Å². The topological polar surface area (TPSA) is 97.0 Å². The molecule has 2 amide bonds. The van der Waals surface area contributed by atoms with E-state index in [1.807, 2.05) is 58.3 Å². The predicted octanol–water partition coefficient (Wildman–Crippen LogP) is 2.67. The number of hydrogen-bond donors (Lipinski definition) is 2. The normalized spacial score (nSPS) is 17.0. The number of carbonyl (C=O) groups excluding carboxylic acids is 2. The van der Waals surface area contributed by atoms with Crippen molar-refractivity contribution in [3.05, 3.63) is 71.8 Å². The summed E-state index contributed by atoms with van der Waals surface area (Å²) in [5.41, 5.74) is 7.89. The van der Waals surface area contributed by atoms with Gasteiger partial charge in [0.25, 0.3) is 11.8 Å². The summed E-state index contributed by atoms with van der Waals surface area (Å²) >= 11 is 0. The average Bonchev–Trinajstić information content (AvgIpc) is 3.40. The van der Waals surface area contributed by atoms with Gasteiger partial charge in [-0.1, -0.05) is 0 Å². The molecule has 1 aliphatic rings. The molecule has 3 N–H and O–H groups in total. The second-order valence-electron chi connectivity index (χ2n) is 6.72. The number of carbonyl (C=O) groups is 2. The number of primary amides is 1. The first-order valence-electron chi connectivity index (χ1n) is 9.03. The second-order valence-corrected chi connectivity index (χ2v) is 6.72. The number of nitrogens with one attached hydrogen (secondary N) is 1. The van der Waals surface area contributed by atoms with Gasteiger partial charge in [0.15, 0.2) is 0 Å². The summed E-state index contributed by atoms with van der Waals surface area (Å²) < 4.78 is 1.99. The van der Waals surface area contributed by atoms with E-state index < -0.39 is 5.91 Å². The van der Waals surface area contributed by atoms with Crippen molar-refractivity contribution in [2.24, 2.45) is 5.73 Å². The van der Waals surface area contributed by atoms with Gasteiger partial charge in [-0.2, -0.15) is 5.10 Å². The van der Waals surface area contributed by atoms with Crippen molar-refractivity contribution in [3.8, 4) is 5.69 Å². The van der Waals surface area contributed by atoms with Crippen molar-refractivity contribution in [1.29, 1.82) is 0 Å². The van der Waals surface area contributed by atoms with E-state index in [2.05, 4.69) is 10.2 Å². The lowest BCUT2D eigenvalue weighted by Crippen LogP contribution is -2.38. The predicted molar refractivity (Wildman–Crippen MR) is 101 cm³/mol. The van der Waals surface area contributed by atoms with E-state index in [0.29, 0.717) is 12.1 Å². The summed E-state index contributed by atoms with van der Waals surface area (Å²) in [7, 11) is 0. The minimum Gasteiger partial charge on any atom is -0.364 e. The van der Waals surface area contributed by atoms with Crippen LogP contribution >= 0.6 is 0 Å². The summed E-state index contributed by atoms with van der Waals surface area (Å²) in [6.45, 7) is 0.674. The van der Waals surface area contributed by atoms with Crippen LogP contribution < -0.4 is 5.73 Å². The lowest BCUT2D eigenvalue weighted by atomic mass is 9.98. The van der Waals surface area contributed by atoms with Crippen LogP contribution in [0.3, 0.4) is 0 Å². The molecule has 2 aromatic heterocycles. The van der Waals surface area contributed by atoms with Crippen LogP contribution in [0, 0.1) is 0 Å². The van der Waals surface area contributed by atoms with Crippen LogP contribution in [0.4, 0.5) is 0 Å². The summed E-state index contributed by atoms with van der Waals surface area (Å²) in [6, 6.07) is 13.0. The largest absolute Gasteiger partial charge is 0.364 e. The Morgan fingerprint density at radius 1 is 1.11 bits per heavy atom. The summed E-state index contributed by atoms with van der Waals surface area (Å²) in [4.78, 5) is 26.3. The fraction of sp³-hybridized carbons (Fsp3) is 0.250. The molecule has 3 heterocycles. The maximum atomic E-state index is 13.1. The third-order valence-electron chi connectivity index (χ3n) is 4.99. The smallest absolute Gasteiger partial charge is 0.269 e. The van der Waals surface area contributed by atoms with Gasteiger partial charge in [0.2, 0.25) is 0 Å². The van der Waals surface area contributed by atoms with E-state index in [0.717, 1.165) is 30.6 Å². The third kappa shape index (κ3) is 3.36. The first-order chi connectivity index (χ1) is 13.1. The molecule has 0 bridgehead atoms. The van der Waals surface area contributed by atoms with Gasteiger partial charge in [0, 0.05) is 30.2 Å². The van der Waals surface area contributed by atoms with Gasteiger partial charge in [0.05, 0.1) is 11.7 Å². The molecule has 0 spiro atoms. The third-order valence-corrected chi connectivity index (χ3v) is 4.99. The fourth-order valence-electron chi connectivity index (χ4n) is 3.58. The fourth-order valence-corrected chi connectivity index (χ4v) is 3.58. The number of benzene rings is 1. The van der Waals surface area contributed by atoms with Gasteiger partial charge in [-0.05, 0) is 61.7 Å². The second kappa shape index (κ2) is 7.11. The van der Waals surface area contributed by atoms with Gasteiger partial charge in [0.1, 0.15) is 5.69 Å². The molecule has 1 fully saturated rings. The number of amides is 2. The van der Waals surface area contributed by atoms with Gasteiger partial charge in [-0.15, -0.1) is 0 Å². The number of aromatic amines is 1. The van der Waals surface area contributed by atoms with Gasteiger partial charge >= 0.3 is 0 Å². The van der Waals surface area contributed by atoms with Crippen molar-refractivity contribution in [3.63, 3.8) is 0 Å². The molecule has 1 aliphatic heterocycles. The number of nitrogens with two attached hydrogens (primary N) is 1. The van der Waals surface area contributed by atoms with Crippen molar-refractivity contribution in [2.45, 2.75) is 25.3 Å². The molecule has 1 atom stereocenters. The summed E-state index contributed by atoms with van der Waals surface area (Å²) in [6.07, 6.45) is 6.73. The van der Waals surface area contributed by atoms with Gasteiger partial charge < -0.3 is 15.2 Å². The number of rotatable bonds is 4. The maximum Gasteiger partial charge on any atom is 0.269 e. The number of aromatic nitrogens is 3. The Bertz CT molecular complexity index is 943. The monoisotopic (exact) mass is 363 g/mol. The number of H-pyrrole nitrogens is 1. The molecule has 0 saturated carbocycles. The highest BCUT2D eigenvalue weighted by atomic mass is 16.2. The number of likely N-dealkylation sites (tertiary alicyclic amines) is 1. The summed E-state index contributed by atoms with van der Waals surface area (Å²) in [5.74, 6) is -0.597. The van der Waals surface area contributed by atoms with Crippen molar-refractivity contribution in [1.82, 2.24) is 19.7 Å². The average molecular weight is 363 g/mol. The Labute approximate surface area is 156 Å². The van der Waals surface area contributed by atoms with Crippen molar-refractivity contribution in [2.75, 3.05) is 6.54 Å². The van der Waals surface area contributed by atoms with Crippen molar-refractivity contribution < 1.29 is 9.59 Å². The van der Waals surface area contributed by atoms with Gasteiger partial charge in [-0.25, -0.2) is 0 Å². The highest BCUT2D eigenvalue weighted by Gasteiger charge is 2.30. The van der Waals surface area contributed by atoms with Crippen LogP contribution in [0.25, 0.3) is 5.69 Å². The molecule has 0 aliphatic carbocycles. The minimum atomic E-state index is -0.577.